The number of rotatable bonds is 2. The van der Waals surface area contributed by atoms with Crippen LogP contribution in [0.25, 0.3) is 5.69 Å². The smallest absolute Gasteiger partial charge is 0.318 e. The molecular formula is C27H24ClN3O. The Morgan fingerprint density at radius 1 is 0.969 bits per heavy atom. The quantitative estimate of drug-likeness (QED) is 0.361. The Kier molecular flexibility index (Phi) is 5.24. The van der Waals surface area contributed by atoms with E-state index in [0.29, 0.717) is 11.6 Å². The molecule has 4 aromatic rings. The topological polar surface area (TPSA) is 37.3 Å². The van der Waals surface area contributed by atoms with Crippen molar-refractivity contribution in [2.24, 2.45) is 0 Å². The number of aromatic nitrogens is 1. The summed E-state index contributed by atoms with van der Waals surface area (Å²) < 4.78 is 2.16. The molecule has 0 unspecified atom stereocenters. The van der Waals surface area contributed by atoms with Crippen molar-refractivity contribution in [1.82, 2.24) is 9.47 Å². The van der Waals surface area contributed by atoms with Gasteiger partial charge in [-0.3, -0.25) is 0 Å². The van der Waals surface area contributed by atoms with Crippen LogP contribution in [-0.4, -0.2) is 15.5 Å². The second kappa shape index (κ2) is 8.21. The van der Waals surface area contributed by atoms with Crippen LogP contribution in [0.2, 0.25) is 5.02 Å². The van der Waals surface area contributed by atoms with Gasteiger partial charge in [0.1, 0.15) is 6.04 Å². The first-order valence-corrected chi connectivity index (χ1v) is 11.1. The molecule has 1 aromatic heterocycles. The van der Waals surface area contributed by atoms with Crippen LogP contribution in [0.3, 0.4) is 0 Å². The summed E-state index contributed by atoms with van der Waals surface area (Å²) >= 11 is 6.66. The van der Waals surface area contributed by atoms with Crippen molar-refractivity contribution < 1.29 is 4.79 Å². The van der Waals surface area contributed by atoms with Crippen molar-refractivity contribution in [3.05, 3.63) is 118 Å². The third-order valence-electron chi connectivity index (χ3n) is 6.05. The summed E-state index contributed by atoms with van der Waals surface area (Å²) in [5.74, 6) is 0. The van der Waals surface area contributed by atoms with Gasteiger partial charge in [-0.05, 0) is 60.9 Å². The number of nitrogens with one attached hydrogen (secondary N) is 1. The van der Waals surface area contributed by atoms with E-state index in [0.717, 1.165) is 39.3 Å². The fraction of sp³-hybridized carbons (Fsp3) is 0.148. The van der Waals surface area contributed by atoms with Crippen LogP contribution < -0.4 is 5.32 Å². The van der Waals surface area contributed by atoms with Gasteiger partial charge in [-0.15, -0.1) is 0 Å². The molecule has 0 aliphatic carbocycles. The minimum Gasteiger partial charge on any atom is -0.318 e. The molecule has 1 atom stereocenters. The fourth-order valence-electron chi connectivity index (χ4n) is 4.50. The molecule has 2 heterocycles. The van der Waals surface area contributed by atoms with Gasteiger partial charge in [0.05, 0.1) is 17.9 Å². The van der Waals surface area contributed by atoms with Gasteiger partial charge in [-0.25, -0.2) is 4.79 Å². The lowest BCUT2D eigenvalue weighted by Crippen LogP contribution is -2.38. The Hall–Kier alpha value is -3.50. The molecule has 160 valence electrons. The Morgan fingerprint density at radius 2 is 1.75 bits per heavy atom. The van der Waals surface area contributed by atoms with Crippen LogP contribution in [0.15, 0.2) is 85.1 Å². The Bertz CT molecular complexity index is 1310. The average Bonchev–Trinajstić information content (AvgIpc) is 3.21. The first-order chi connectivity index (χ1) is 15.5. The van der Waals surface area contributed by atoms with Crippen LogP contribution in [0.4, 0.5) is 10.5 Å². The summed E-state index contributed by atoms with van der Waals surface area (Å²) in [4.78, 5) is 15.6. The third kappa shape index (κ3) is 3.57. The predicted molar refractivity (Wildman–Crippen MR) is 130 cm³/mol. The average molecular weight is 442 g/mol. The summed E-state index contributed by atoms with van der Waals surface area (Å²) in [5, 5.41) is 3.78. The number of carbonyl (C=O) groups excluding carboxylic acids is 1. The van der Waals surface area contributed by atoms with Gasteiger partial charge in [0.15, 0.2) is 0 Å². The Morgan fingerprint density at radius 3 is 2.56 bits per heavy atom. The number of aryl methyl sites for hydroxylation is 2. The van der Waals surface area contributed by atoms with Crippen molar-refractivity contribution >= 4 is 23.3 Å². The van der Waals surface area contributed by atoms with Gasteiger partial charge >= 0.3 is 6.03 Å². The molecule has 4 nitrogen and oxygen atoms in total. The van der Waals surface area contributed by atoms with E-state index in [2.05, 4.69) is 34.1 Å². The Labute approximate surface area is 193 Å². The lowest BCUT2D eigenvalue weighted by Gasteiger charge is -2.31. The minimum absolute atomic E-state index is 0.161. The molecule has 3 aromatic carbocycles. The number of halogens is 1. The first kappa shape index (κ1) is 20.4. The molecule has 0 saturated heterocycles. The van der Waals surface area contributed by atoms with Crippen LogP contribution >= 0.6 is 11.6 Å². The zero-order chi connectivity index (χ0) is 22.2. The van der Waals surface area contributed by atoms with E-state index in [1.165, 1.54) is 0 Å². The number of carbonyl (C=O) groups is 1. The van der Waals surface area contributed by atoms with Gasteiger partial charge in [0.2, 0.25) is 0 Å². The zero-order valence-corrected chi connectivity index (χ0v) is 18.8. The maximum atomic E-state index is 13.8. The van der Waals surface area contributed by atoms with E-state index in [-0.39, 0.29) is 12.1 Å². The molecule has 5 rings (SSSR count). The monoisotopic (exact) mass is 441 g/mol. The van der Waals surface area contributed by atoms with E-state index in [9.17, 15) is 4.79 Å². The van der Waals surface area contributed by atoms with E-state index in [1.54, 1.807) is 0 Å². The number of hydrogen-bond donors (Lipinski definition) is 1. The van der Waals surface area contributed by atoms with Crippen LogP contribution in [0.1, 0.15) is 34.0 Å². The normalized spacial score (nSPS) is 15.0. The molecule has 0 saturated carbocycles. The van der Waals surface area contributed by atoms with E-state index < -0.39 is 0 Å². The van der Waals surface area contributed by atoms with Gasteiger partial charge in [-0.1, -0.05) is 65.7 Å². The number of hydrogen-bond acceptors (Lipinski definition) is 1. The van der Waals surface area contributed by atoms with E-state index in [4.69, 9.17) is 11.6 Å². The number of urea groups is 1. The number of para-hydroxylation sites is 1. The van der Waals surface area contributed by atoms with Crippen LogP contribution in [-0.2, 0) is 6.54 Å². The first-order valence-electron chi connectivity index (χ1n) is 10.7. The van der Waals surface area contributed by atoms with Crippen molar-refractivity contribution in [2.75, 3.05) is 5.32 Å². The second-order valence-corrected chi connectivity index (χ2v) is 8.64. The minimum atomic E-state index is -0.336. The highest BCUT2D eigenvalue weighted by Gasteiger charge is 2.34. The number of amides is 2. The molecule has 32 heavy (non-hydrogen) atoms. The summed E-state index contributed by atoms with van der Waals surface area (Å²) in [5.41, 5.74) is 7.06. The molecule has 0 bridgehead atoms. The maximum Gasteiger partial charge on any atom is 0.322 e. The summed E-state index contributed by atoms with van der Waals surface area (Å²) in [6.07, 6.45) is 2.05. The summed E-state index contributed by atoms with van der Waals surface area (Å²) in [7, 11) is 0. The highest BCUT2D eigenvalue weighted by atomic mass is 35.5. The molecule has 5 heteroatoms. The summed E-state index contributed by atoms with van der Waals surface area (Å²) in [6.45, 7) is 4.52. The van der Waals surface area contributed by atoms with Crippen LogP contribution in [0.5, 0.6) is 0 Å². The fourth-order valence-corrected chi connectivity index (χ4v) is 4.74. The van der Waals surface area contributed by atoms with Crippen LogP contribution in [0, 0.1) is 13.8 Å². The number of anilines is 1. The van der Waals surface area contributed by atoms with E-state index in [1.807, 2.05) is 79.5 Å². The standard InChI is InChI=1S/C27H24ClN3O/c1-18-13-14-23(19(2)16-18)29-27(32)31-17-20-8-3-6-11-24(20)30-15-7-12-25(30)26(31)21-9-4-5-10-22(21)28/h3-16,26H,17H2,1-2H3,(H,29,32)/t26-/m1/s1. The number of benzene rings is 3. The molecule has 0 fully saturated rings. The Balaban J connectivity index is 1.65. The van der Waals surface area contributed by atoms with Gasteiger partial charge < -0.3 is 14.8 Å². The summed E-state index contributed by atoms with van der Waals surface area (Å²) in [6, 6.07) is 25.6. The SMILES string of the molecule is Cc1ccc(NC(=O)N2Cc3ccccc3-n3cccc3[C@H]2c2ccccc2Cl)c(C)c1. The van der Waals surface area contributed by atoms with Crippen molar-refractivity contribution in [1.29, 1.82) is 0 Å². The van der Waals surface area contributed by atoms with Crippen molar-refractivity contribution in [2.45, 2.75) is 26.4 Å². The highest BCUT2D eigenvalue weighted by molar-refractivity contribution is 6.31. The molecule has 2 amide bonds. The maximum absolute atomic E-state index is 13.8. The lowest BCUT2D eigenvalue weighted by molar-refractivity contribution is 0.194. The predicted octanol–water partition coefficient (Wildman–Crippen LogP) is 6.88. The zero-order valence-electron chi connectivity index (χ0n) is 18.0. The van der Waals surface area contributed by atoms with E-state index >= 15 is 0 Å². The third-order valence-corrected chi connectivity index (χ3v) is 6.39. The molecule has 1 N–H and O–H groups in total. The van der Waals surface area contributed by atoms with Crippen molar-refractivity contribution in [3.8, 4) is 5.69 Å². The number of nitrogens with zero attached hydrogens (tertiary/aromatic N) is 2. The largest absolute Gasteiger partial charge is 0.322 e. The van der Waals surface area contributed by atoms with Gasteiger partial charge in [0, 0.05) is 16.9 Å². The number of fused-ring (bicyclic) bond motifs is 3. The highest BCUT2D eigenvalue weighted by Crippen LogP contribution is 2.39. The van der Waals surface area contributed by atoms with Gasteiger partial charge in [0.25, 0.3) is 0 Å². The lowest BCUT2D eigenvalue weighted by atomic mass is 10.0. The molecule has 0 spiro atoms. The van der Waals surface area contributed by atoms with Crippen molar-refractivity contribution in [3.63, 3.8) is 0 Å². The second-order valence-electron chi connectivity index (χ2n) is 8.23. The molecular weight excluding hydrogens is 418 g/mol. The molecule has 1 aliphatic heterocycles. The van der Waals surface area contributed by atoms with Gasteiger partial charge in [-0.2, -0.15) is 0 Å². The molecule has 1 aliphatic rings. The molecule has 0 radical (unpaired) electrons.